The zero-order valence-electron chi connectivity index (χ0n) is 19.0. The molecule has 4 aromatic rings. The number of anilines is 2. The lowest BCUT2D eigenvalue weighted by atomic mass is 10.0. The van der Waals surface area contributed by atoms with Crippen LogP contribution in [0, 0.1) is 6.92 Å². The largest absolute Gasteiger partial charge is 0.351 e. The van der Waals surface area contributed by atoms with Gasteiger partial charge in [0.1, 0.15) is 6.04 Å². The van der Waals surface area contributed by atoms with Crippen molar-refractivity contribution in [3.8, 4) is 5.69 Å². The topological polar surface area (TPSA) is 62.2 Å². The lowest BCUT2D eigenvalue weighted by Gasteiger charge is -2.29. The van der Waals surface area contributed by atoms with E-state index in [2.05, 4.69) is 74.6 Å². The van der Waals surface area contributed by atoms with Crippen LogP contribution in [0.15, 0.2) is 91.3 Å². The van der Waals surface area contributed by atoms with Crippen LogP contribution in [0.3, 0.4) is 0 Å². The molecule has 1 aliphatic heterocycles. The Hall–Kier alpha value is -3.97. The van der Waals surface area contributed by atoms with Crippen molar-refractivity contribution in [3.05, 3.63) is 108 Å². The van der Waals surface area contributed by atoms with E-state index in [0.717, 1.165) is 28.5 Å². The van der Waals surface area contributed by atoms with Gasteiger partial charge in [-0.25, -0.2) is 0 Å². The molecule has 1 amide bonds. The minimum absolute atomic E-state index is 0.102. The summed E-state index contributed by atoms with van der Waals surface area (Å²) in [5.74, 6) is -0.102. The van der Waals surface area contributed by atoms with Crippen molar-refractivity contribution in [2.75, 3.05) is 10.2 Å². The lowest BCUT2D eigenvalue weighted by molar-refractivity contribution is -0.114. The van der Waals surface area contributed by atoms with Gasteiger partial charge in [-0.2, -0.15) is 0 Å². The molecule has 2 unspecified atom stereocenters. The molecule has 0 bridgehead atoms. The molecule has 2 N–H and O–H groups in total. The lowest BCUT2D eigenvalue weighted by Crippen LogP contribution is -2.30. The van der Waals surface area contributed by atoms with Crippen molar-refractivity contribution in [2.24, 2.45) is 0 Å². The molecule has 0 spiro atoms. The first-order chi connectivity index (χ1) is 16.5. The number of hydrogen-bond donors (Lipinski definition) is 2. The highest BCUT2D eigenvalue weighted by atomic mass is 32.1. The highest BCUT2D eigenvalue weighted by Gasteiger charge is 2.42. The summed E-state index contributed by atoms with van der Waals surface area (Å²) in [6.07, 6.45) is 3.89. The molecular formula is C27H25N5OS. The van der Waals surface area contributed by atoms with Crippen LogP contribution >= 0.6 is 12.2 Å². The predicted molar refractivity (Wildman–Crippen MR) is 139 cm³/mol. The van der Waals surface area contributed by atoms with Gasteiger partial charge < -0.3 is 20.1 Å². The molecule has 1 aliphatic rings. The fourth-order valence-electron chi connectivity index (χ4n) is 4.49. The third-order valence-electron chi connectivity index (χ3n) is 5.93. The van der Waals surface area contributed by atoms with Crippen LogP contribution in [0.1, 0.15) is 36.0 Å². The number of nitrogens with one attached hydrogen (secondary N) is 2. The molecule has 2 aromatic heterocycles. The Bertz CT molecular complexity index is 1330. The van der Waals surface area contributed by atoms with Crippen LogP contribution in [-0.2, 0) is 4.79 Å². The van der Waals surface area contributed by atoms with E-state index in [-0.39, 0.29) is 18.0 Å². The number of nitrogens with zero attached hydrogens (tertiary/aromatic N) is 3. The second kappa shape index (κ2) is 9.11. The van der Waals surface area contributed by atoms with Crippen LogP contribution < -0.4 is 15.5 Å². The van der Waals surface area contributed by atoms with Crippen LogP contribution in [0.2, 0.25) is 0 Å². The van der Waals surface area contributed by atoms with E-state index in [4.69, 9.17) is 12.2 Å². The van der Waals surface area contributed by atoms with Crippen molar-refractivity contribution in [2.45, 2.75) is 25.9 Å². The number of pyridine rings is 1. The average molecular weight is 468 g/mol. The minimum atomic E-state index is -0.137. The summed E-state index contributed by atoms with van der Waals surface area (Å²) in [6.45, 7) is 3.60. The van der Waals surface area contributed by atoms with Crippen molar-refractivity contribution in [1.82, 2.24) is 14.9 Å². The normalized spacial score (nSPS) is 17.5. The molecule has 2 aromatic carbocycles. The first-order valence-corrected chi connectivity index (χ1v) is 11.5. The number of aryl methyl sites for hydroxylation is 1. The van der Waals surface area contributed by atoms with E-state index in [0.29, 0.717) is 5.11 Å². The van der Waals surface area contributed by atoms with E-state index < -0.39 is 0 Å². The summed E-state index contributed by atoms with van der Waals surface area (Å²) < 4.78 is 2.21. The van der Waals surface area contributed by atoms with Gasteiger partial charge in [0, 0.05) is 42.1 Å². The van der Waals surface area contributed by atoms with Gasteiger partial charge >= 0.3 is 0 Å². The Labute approximate surface area is 204 Å². The number of rotatable bonds is 5. The molecule has 2 atom stereocenters. The van der Waals surface area contributed by atoms with Gasteiger partial charge in [0.15, 0.2) is 5.11 Å². The molecule has 1 fully saturated rings. The summed E-state index contributed by atoms with van der Waals surface area (Å²) in [6, 6.07) is 26.1. The number of hydrogen-bond acceptors (Lipinski definition) is 3. The first kappa shape index (κ1) is 21.9. The third kappa shape index (κ3) is 4.18. The molecule has 3 heterocycles. The molecule has 0 radical (unpaired) electrons. The summed E-state index contributed by atoms with van der Waals surface area (Å²) in [5.41, 5.74) is 5.99. The number of carbonyl (C=O) groups excluding carboxylic acids is 1. The second-order valence-electron chi connectivity index (χ2n) is 8.37. The second-order valence-corrected chi connectivity index (χ2v) is 8.75. The quantitative estimate of drug-likeness (QED) is 0.389. The van der Waals surface area contributed by atoms with Crippen LogP contribution in [0.25, 0.3) is 5.69 Å². The van der Waals surface area contributed by atoms with Crippen molar-refractivity contribution < 1.29 is 4.79 Å². The Morgan fingerprint density at radius 3 is 2.53 bits per heavy atom. The van der Waals surface area contributed by atoms with Crippen molar-refractivity contribution in [1.29, 1.82) is 0 Å². The van der Waals surface area contributed by atoms with E-state index >= 15 is 0 Å². The highest BCUT2D eigenvalue weighted by Crippen LogP contribution is 2.42. The molecule has 6 nitrogen and oxygen atoms in total. The van der Waals surface area contributed by atoms with Gasteiger partial charge in [0.05, 0.1) is 11.7 Å². The van der Waals surface area contributed by atoms with Gasteiger partial charge in [0.2, 0.25) is 5.91 Å². The summed E-state index contributed by atoms with van der Waals surface area (Å²) in [4.78, 5) is 18.2. The number of aromatic nitrogens is 2. The predicted octanol–water partition coefficient (Wildman–Crippen LogP) is 5.32. The Balaban J connectivity index is 1.62. The van der Waals surface area contributed by atoms with Gasteiger partial charge in [0.25, 0.3) is 0 Å². The molecule has 7 heteroatoms. The maximum atomic E-state index is 11.4. The van der Waals surface area contributed by atoms with Crippen LogP contribution in [0.4, 0.5) is 11.4 Å². The smallest absolute Gasteiger partial charge is 0.221 e. The molecule has 170 valence electrons. The molecule has 0 aliphatic carbocycles. The van der Waals surface area contributed by atoms with Crippen molar-refractivity contribution in [3.63, 3.8) is 0 Å². The third-order valence-corrected chi connectivity index (χ3v) is 6.24. The SMILES string of the molecule is CC(=O)Nc1ccc(N2C(=S)NC(c3ccccn3)C2c2cccn2-c2cccc(C)c2)cc1. The fraction of sp³-hybridized carbons (Fsp3) is 0.148. The molecule has 5 rings (SSSR count). The zero-order valence-corrected chi connectivity index (χ0v) is 19.8. The zero-order chi connectivity index (χ0) is 23.7. The summed E-state index contributed by atoms with van der Waals surface area (Å²) in [7, 11) is 0. The van der Waals surface area contributed by atoms with E-state index in [1.165, 1.54) is 12.5 Å². The van der Waals surface area contributed by atoms with Gasteiger partial charge in [-0.3, -0.25) is 9.78 Å². The maximum Gasteiger partial charge on any atom is 0.221 e. The first-order valence-electron chi connectivity index (χ1n) is 11.1. The Morgan fingerprint density at radius 2 is 1.82 bits per heavy atom. The van der Waals surface area contributed by atoms with E-state index in [9.17, 15) is 4.79 Å². The molecule has 0 saturated carbocycles. The summed E-state index contributed by atoms with van der Waals surface area (Å²) in [5, 5.41) is 6.96. The number of carbonyl (C=O) groups is 1. The van der Waals surface area contributed by atoms with E-state index in [1.807, 2.05) is 48.7 Å². The van der Waals surface area contributed by atoms with Gasteiger partial charge in [-0.1, -0.05) is 18.2 Å². The minimum Gasteiger partial charge on any atom is -0.351 e. The van der Waals surface area contributed by atoms with E-state index in [1.54, 1.807) is 0 Å². The molecular weight excluding hydrogens is 442 g/mol. The number of benzene rings is 2. The number of thiocarbonyl (C=S) groups is 1. The molecule has 34 heavy (non-hydrogen) atoms. The maximum absolute atomic E-state index is 11.4. The van der Waals surface area contributed by atoms with Gasteiger partial charge in [-0.05, 0) is 85.4 Å². The monoisotopic (exact) mass is 467 g/mol. The summed E-state index contributed by atoms with van der Waals surface area (Å²) >= 11 is 5.84. The van der Waals surface area contributed by atoms with Crippen molar-refractivity contribution >= 4 is 34.6 Å². The Kier molecular flexibility index (Phi) is 5.86. The van der Waals surface area contributed by atoms with Crippen LogP contribution in [-0.4, -0.2) is 20.6 Å². The molecule has 1 saturated heterocycles. The fourth-order valence-corrected chi connectivity index (χ4v) is 4.84. The number of amides is 1. The Morgan fingerprint density at radius 1 is 1.00 bits per heavy atom. The average Bonchev–Trinajstić information content (AvgIpc) is 3.44. The van der Waals surface area contributed by atoms with Gasteiger partial charge in [-0.15, -0.1) is 0 Å². The highest BCUT2D eigenvalue weighted by molar-refractivity contribution is 7.80. The van der Waals surface area contributed by atoms with Crippen LogP contribution in [0.5, 0.6) is 0 Å². The standard InChI is InChI=1S/C27H25N5OS/c1-18-7-5-8-22(17-18)31-16-6-10-24(31)26-25(23-9-3-4-15-28-23)30-27(34)32(26)21-13-11-20(12-14-21)29-19(2)33/h3-17,25-26H,1-2H3,(H,29,33)(H,30,34).